The Bertz CT molecular complexity index is 710. The molecule has 1 unspecified atom stereocenters. The Morgan fingerprint density at radius 1 is 1.21 bits per heavy atom. The topological polar surface area (TPSA) is 70.6 Å². The first-order valence-electron chi connectivity index (χ1n) is 7.31. The van der Waals surface area contributed by atoms with Crippen LogP contribution >= 0.6 is 0 Å². The molecule has 0 fully saturated rings. The van der Waals surface area contributed by atoms with Crippen LogP contribution in [-0.4, -0.2) is 30.4 Å². The van der Waals surface area contributed by atoms with Crippen LogP contribution in [0.25, 0.3) is 0 Å². The highest BCUT2D eigenvalue weighted by Gasteiger charge is 2.09. The molecule has 2 aromatic rings. The molecule has 0 bridgehead atoms. The summed E-state index contributed by atoms with van der Waals surface area (Å²) in [4.78, 5) is 11.7. The SMILES string of the molecule is Cc1cccc(NC(=O)NCC(O)COc2ccc(F)c(F)c2)c1. The molecule has 0 radical (unpaired) electrons. The van der Waals surface area contributed by atoms with Gasteiger partial charge in [0.05, 0.1) is 0 Å². The first-order valence-corrected chi connectivity index (χ1v) is 7.31. The largest absolute Gasteiger partial charge is 0.491 e. The minimum Gasteiger partial charge on any atom is -0.491 e. The van der Waals surface area contributed by atoms with E-state index in [1.807, 2.05) is 25.1 Å². The Balaban J connectivity index is 1.73. The van der Waals surface area contributed by atoms with E-state index in [1.54, 1.807) is 6.07 Å². The van der Waals surface area contributed by atoms with Crippen molar-refractivity contribution in [3.05, 3.63) is 59.7 Å². The van der Waals surface area contributed by atoms with E-state index in [9.17, 15) is 18.7 Å². The van der Waals surface area contributed by atoms with Gasteiger partial charge >= 0.3 is 6.03 Å². The highest BCUT2D eigenvalue weighted by Crippen LogP contribution is 2.15. The van der Waals surface area contributed by atoms with Gasteiger partial charge in [-0.3, -0.25) is 0 Å². The summed E-state index contributed by atoms with van der Waals surface area (Å²) in [7, 11) is 0. The lowest BCUT2D eigenvalue weighted by molar-refractivity contribution is 0.108. The van der Waals surface area contributed by atoms with Crippen molar-refractivity contribution >= 4 is 11.7 Å². The summed E-state index contributed by atoms with van der Waals surface area (Å²) in [6, 6.07) is 9.88. The van der Waals surface area contributed by atoms with Crippen molar-refractivity contribution in [3.63, 3.8) is 0 Å². The second kappa shape index (κ2) is 8.26. The minimum absolute atomic E-state index is 0.0542. The lowest BCUT2D eigenvalue weighted by atomic mass is 10.2. The number of urea groups is 1. The van der Waals surface area contributed by atoms with Gasteiger partial charge in [-0.15, -0.1) is 0 Å². The number of rotatable bonds is 6. The van der Waals surface area contributed by atoms with Gasteiger partial charge in [0, 0.05) is 18.3 Å². The molecule has 7 heteroatoms. The molecule has 2 amide bonds. The molecule has 0 aliphatic heterocycles. The maximum atomic E-state index is 13.0. The summed E-state index contributed by atoms with van der Waals surface area (Å²) in [6.45, 7) is 1.68. The molecule has 3 N–H and O–H groups in total. The molecule has 24 heavy (non-hydrogen) atoms. The van der Waals surface area contributed by atoms with E-state index in [1.165, 1.54) is 6.07 Å². The number of aliphatic hydroxyl groups excluding tert-OH is 1. The fourth-order valence-corrected chi connectivity index (χ4v) is 1.93. The zero-order valence-electron chi connectivity index (χ0n) is 13.1. The lowest BCUT2D eigenvalue weighted by Gasteiger charge is -2.14. The van der Waals surface area contributed by atoms with E-state index < -0.39 is 23.8 Å². The standard InChI is InChI=1S/C17H18F2N2O3/c1-11-3-2-4-12(7-11)21-17(23)20-9-13(22)10-24-14-5-6-15(18)16(19)8-14/h2-8,13,22H,9-10H2,1H3,(H2,20,21,23). The summed E-state index contributed by atoms with van der Waals surface area (Å²) in [6.07, 6.45) is -0.999. The second-order valence-corrected chi connectivity index (χ2v) is 5.25. The van der Waals surface area contributed by atoms with E-state index in [0.29, 0.717) is 5.69 Å². The van der Waals surface area contributed by atoms with Crippen molar-refractivity contribution in [1.29, 1.82) is 0 Å². The Kier molecular flexibility index (Phi) is 6.08. The highest BCUT2D eigenvalue weighted by atomic mass is 19.2. The number of carbonyl (C=O) groups is 1. The van der Waals surface area contributed by atoms with Crippen LogP contribution in [0.15, 0.2) is 42.5 Å². The number of aliphatic hydroxyl groups is 1. The summed E-state index contributed by atoms with van der Waals surface area (Å²) in [5.41, 5.74) is 1.65. The molecule has 1 atom stereocenters. The van der Waals surface area contributed by atoms with Crippen molar-refractivity contribution in [2.24, 2.45) is 0 Å². The molecule has 0 aliphatic rings. The van der Waals surface area contributed by atoms with E-state index in [4.69, 9.17) is 4.74 Å². The third-order valence-electron chi connectivity index (χ3n) is 3.11. The van der Waals surface area contributed by atoms with Crippen LogP contribution in [0.3, 0.4) is 0 Å². The van der Waals surface area contributed by atoms with Crippen molar-refractivity contribution in [2.45, 2.75) is 13.0 Å². The van der Waals surface area contributed by atoms with Gasteiger partial charge in [0.25, 0.3) is 0 Å². The van der Waals surface area contributed by atoms with Crippen LogP contribution < -0.4 is 15.4 Å². The van der Waals surface area contributed by atoms with Gasteiger partial charge in [0.2, 0.25) is 0 Å². The van der Waals surface area contributed by atoms with Crippen LogP contribution in [0.5, 0.6) is 5.75 Å². The highest BCUT2D eigenvalue weighted by molar-refractivity contribution is 5.89. The monoisotopic (exact) mass is 336 g/mol. The van der Waals surface area contributed by atoms with Crippen LogP contribution in [0.4, 0.5) is 19.3 Å². The summed E-state index contributed by atoms with van der Waals surface area (Å²) in [5, 5.41) is 14.9. The second-order valence-electron chi connectivity index (χ2n) is 5.25. The fraction of sp³-hybridized carbons (Fsp3) is 0.235. The third kappa shape index (κ3) is 5.51. The fourth-order valence-electron chi connectivity index (χ4n) is 1.93. The average Bonchev–Trinajstić information content (AvgIpc) is 2.54. The van der Waals surface area contributed by atoms with Crippen molar-refractivity contribution in [2.75, 3.05) is 18.5 Å². The van der Waals surface area contributed by atoms with Gasteiger partial charge in [-0.05, 0) is 36.8 Å². The van der Waals surface area contributed by atoms with Gasteiger partial charge in [-0.2, -0.15) is 0 Å². The quantitative estimate of drug-likeness (QED) is 0.760. The summed E-state index contributed by atoms with van der Waals surface area (Å²) < 4.78 is 30.9. The van der Waals surface area contributed by atoms with Gasteiger partial charge < -0.3 is 20.5 Å². The number of nitrogens with one attached hydrogen (secondary N) is 2. The van der Waals surface area contributed by atoms with Gasteiger partial charge in [-0.1, -0.05) is 12.1 Å². The first kappa shape index (κ1) is 17.7. The molecule has 5 nitrogen and oxygen atoms in total. The first-order chi connectivity index (χ1) is 11.4. The van der Waals surface area contributed by atoms with Crippen LogP contribution in [0.2, 0.25) is 0 Å². The molecular formula is C17H18F2N2O3. The minimum atomic E-state index is -1.03. The number of hydrogen-bond donors (Lipinski definition) is 3. The summed E-state index contributed by atoms with van der Waals surface area (Å²) >= 11 is 0. The Morgan fingerprint density at radius 3 is 2.71 bits per heavy atom. The summed E-state index contributed by atoms with van der Waals surface area (Å²) in [5.74, 6) is -1.91. The van der Waals surface area contributed by atoms with E-state index >= 15 is 0 Å². The molecule has 2 rings (SSSR count). The Morgan fingerprint density at radius 2 is 2.00 bits per heavy atom. The van der Waals surface area contributed by atoms with E-state index in [0.717, 1.165) is 17.7 Å². The number of anilines is 1. The van der Waals surface area contributed by atoms with Crippen LogP contribution in [0, 0.1) is 18.6 Å². The van der Waals surface area contributed by atoms with Crippen molar-refractivity contribution in [3.8, 4) is 5.75 Å². The predicted octanol–water partition coefficient (Wildman–Crippen LogP) is 2.83. The smallest absolute Gasteiger partial charge is 0.319 e. The predicted molar refractivity (Wildman–Crippen MR) is 86.1 cm³/mol. The normalized spacial score (nSPS) is 11.7. The van der Waals surface area contributed by atoms with Crippen LogP contribution in [0.1, 0.15) is 5.56 Å². The van der Waals surface area contributed by atoms with Gasteiger partial charge in [0.1, 0.15) is 18.5 Å². The Labute approximate surface area is 138 Å². The average molecular weight is 336 g/mol. The number of amides is 2. The lowest BCUT2D eigenvalue weighted by Crippen LogP contribution is -2.37. The molecule has 0 saturated heterocycles. The van der Waals surface area contributed by atoms with E-state index in [-0.39, 0.29) is 18.9 Å². The van der Waals surface area contributed by atoms with Gasteiger partial charge in [-0.25, -0.2) is 13.6 Å². The molecule has 128 valence electrons. The number of hydrogen-bond acceptors (Lipinski definition) is 3. The van der Waals surface area contributed by atoms with Crippen LogP contribution in [-0.2, 0) is 0 Å². The molecule has 0 aliphatic carbocycles. The number of ether oxygens (including phenoxy) is 1. The number of halogens is 2. The zero-order valence-corrected chi connectivity index (χ0v) is 13.1. The maximum absolute atomic E-state index is 13.0. The van der Waals surface area contributed by atoms with Gasteiger partial charge in [0.15, 0.2) is 11.6 Å². The van der Waals surface area contributed by atoms with Crippen molar-refractivity contribution < 1.29 is 23.4 Å². The Hall–Kier alpha value is -2.67. The number of carbonyl (C=O) groups excluding carboxylic acids is 1. The maximum Gasteiger partial charge on any atom is 0.319 e. The molecule has 2 aromatic carbocycles. The third-order valence-corrected chi connectivity index (χ3v) is 3.11. The molecule has 0 aromatic heterocycles. The van der Waals surface area contributed by atoms with E-state index in [2.05, 4.69) is 10.6 Å². The zero-order chi connectivity index (χ0) is 17.5. The molecular weight excluding hydrogens is 318 g/mol. The molecule has 0 saturated carbocycles. The molecule has 0 heterocycles. The van der Waals surface area contributed by atoms with Crippen molar-refractivity contribution in [1.82, 2.24) is 5.32 Å². The number of aryl methyl sites for hydroxylation is 1. The number of benzene rings is 2. The molecule has 0 spiro atoms.